The van der Waals surface area contributed by atoms with Crippen molar-refractivity contribution in [1.29, 1.82) is 0 Å². The molecule has 0 aromatic rings. The lowest BCUT2D eigenvalue weighted by Gasteiger charge is -2.60. The Morgan fingerprint density at radius 1 is 1.17 bits per heavy atom. The second-order valence-electron chi connectivity index (χ2n) is 7.96. The number of halogens is 3. The van der Waals surface area contributed by atoms with Crippen LogP contribution in [0.2, 0.25) is 0 Å². The molecule has 0 radical (unpaired) electrons. The summed E-state index contributed by atoms with van der Waals surface area (Å²) in [5.41, 5.74) is -1.36. The Morgan fingerprint density at radius 2 is 1.74 bits per heavy atom. The second kappa shape index (κ2) is 5.64. The first kappa shape index (κ1) is 17.1. The van der Waals surface area contributed by atoms with Gasteiger partial charge in [0, 0.05) is 6.42 Å². The van der Waals surface area contributed by atoms with Crippen molar-refractivity contribution in [1.82, 2.24) is 0 Å². The Kier molecular flexibility index (Phi) is 4.18. The van der Waals surface area contributed by atoms with E-state index in [9.17, 15) is 18.0 Å². The number of carbonyl (C=O) groups is 1. The Balaban J connectivity index is 1.75. The summed E-state index contributed by atoms with van der Waals surface area (Å²) in [5.74, 6) is 0.235. The third-order valence-corrected chi connectivity index (χ3v) is 5.83. The van der Waals surface area contributed by atoms with Gasteiger partial charge in [0.15, 0.2) is 0 Å². The maximum atomic E-state index is 12.6. The maximum absolute atomic E-state index is 12.6. The number of hydrogen-bond donors (Lipinski definition) is 0. The number of alkyl halides is 3. The van der Waals surface area contributed by atoms with E-state index in [4.69, 9.17) is 9.47 Å². The smallest absolute Gasteiger partial charge is 0.411 e. The van der Waals surface area contributed by atoms with Gasteiger partial charge < -0.3 is 9.47 Å². The van der Waals surface area contributed by atoms with Crippen LogP contribution in [0.15, 0.2) is 0 Å². The number of rotatable bonds is 5. The van der Waals surface area contributed by atoms with E-state index in [1.165, 1.54) is 0 Å². The molecule has 4 aliphatic rings. The molecule has 0 aromatic carbocycles. The molecule has 0 N–H and O–H groups in total. The molecular formula is C17H25F3O3. The van der Waals surface area contributed by atoms with E-state index in [-0.39, 0.29) is 11.9 Å². The molecule has 0 saturated heterocycles. The molecule has 132 valence electrons. The van der Waals surface area contributed by atoms with Gasteiger partial charge >= 0.3 is 12.1 Å². The molecule has 4 aliphatic carbocycles. The van der Waals surface area contributed by atoms with Crippen LogP contribution in [0.25, 0.3) is 0 Å². The summed E-state index contributed by atoms with van der Waals surface area (Å²) in [7, 11) is 0. The fraction of sp³-hybridized carbons (Fsp3) is 0.941. The predicted octanol–water partition coefficient (Wildman–Crippen LogP) is 4.25. The van der Waals surface area contributed by atoms with Gasteiger partial charge in [0.25, 0.3) is 0 Å². The first-order chi connectivity index (χ1) is 10.6. The van der Waals surface area contributed by atoms with E-state index < -0.39 is 24.0 Å². The second-order valence-corrected chi connectivity index (χ2v) is 7.96. The monoisotopic (exact) mass is 334 g/mol. The van der Waals surface area contributed by atoms with Gasteiger partial charge in [0.2, 0.25) is 0 Å². The van der Waals surface area contributed by atoms with Crippen molar-refractivity contribution in [2.45, 2.75) is 76.2 Å². The number of hydrogen-bond acceptors (Lipinski definition) is 3. The van der Waals surface area contributed by atoms with Gasteiger partial charge in [0.05, 0.1) is 11.5 Å². The molecular weight excluding hydrogens is 309 g/mol. The summed E-state index contributed by atoms with van der Waals surface area (Å²) in [5, 5.41) is 0. The average molecular weight is 334 g/mol. The Morgan fingerprint density at radius 3 is 2.26 bits per heavy atom. The van der Waals surface area contributed by atoms with Gasteiger partial charge in [-0.3, -0.25) is 4.79 Å². The molecule has 4 bridgehead atoms. The maximum Gasteiger partial charge on any atom is 0.411 e. The number of ether oxygens (including phenoxy) is 2. The fourth-order valence-corrected chi connectivity index (χ4v) is 5.10. The normalized spacial score (nSPS) is 40.2. The van der Waals surface area contributed by atoms with E-state index in [0.29, 0.717) is 37.5 Å². The molecule has 0 aliphatic heterocycles. The summed E-state index contributed by atoms with van der Waals surface area (Å²) in [6, 6.07) is 0. The van der Waals surface area contributed by atoms with Crippen molar-refractivity contribution in [2.75, 3.05) is 6.61 Å². The highest BCUT2D eigenvalue weighted by atomic mass is 19.4. The first-order valence-electron chi connectivity index (χ1n) is 8.58. The molecule has 4 saturated carbocycles. The van der Waals surface area contributed by atoms with Gasteiger partial charge in [-0.15, -0.1) is 0 Å². The van der Waals surface area contributed by atoms with Gasteiger partial charge in [-0.1, -0.05) is 13.8 Å². The quantitative estimate of drug-likeness (QED) is 0.705. The minimum atomic E-state index is -4.32. The summed E-state index contributed by atoms with van der Waals surface area (Å²) >= 11 is 0. The number of esters is 1. The molecule has 0 spiro atoms. The zero-order chi connectivity index (χ0) is 16.9. The van der Waals surface area contributed by atoms with Crippen LogP contribution >= 0.6 is 0 Å². The standard InChI is InChI=1S/C17H25F3O3/c1-3-11(2)14(21)23-16-7-12-4-13(8-16)6-15(5-12,9-16)22-10-17(18,19)20/h11-13H,3-10H2,1-2H3. The molecule has 23 heavy (non-hydrogen) atoms. The zero-order valence-electron chi connectivity index (χ0n) is 13.7. The highest BCUT2D eigenvalue weighted by molar-refractivity contribution is 5.72. The van der Waals surface area contributed by atoms with E-state index in [1.807, 2.05) is 13.8 Å². The van der Waals surface area contributed by atoms with E-state index in [0.717, 1.165) is 19.3 Å². The summed E-state index contributed by atoms with van der Waals surface area (Å²) in [4.78, 5) is 12.2. The molecule has 3 atom stereocenters. The largest absolute Gasteiger partial charge is 0.459 e. The van der Waals surface area contributed by atoms with Crippen molar-refractivity contribution in [3.8, 4) is 0 Å². The molecule has 3 nitrogen and oxygen atoms in total. The van der Waals surface area contributed by atoms with Crippen molar-refractivity contribution >= 4 is 5.97 Å². The van der Waals surface area contributed by atoms with Gasteiger partial charge in [-0.2, -0.15) is 13.2 Å². The lowest BCUT2D eigenvalue weighted by atomic mass is 9.52. The van der Waals surface area contributed by atoms with E-state index in [2.05, 4.69) is 0 Å². The highest BCUT2D eigenvalue weighted by Crippen LogP contribution is 2.60. The van der Waals surface area contributed by atoms with Crippen molar-refractivity contribution in [2.24, 2.45) is 17.8 Å². The Hall–Kier alpha value is -0.780. The van der Waals surface area contributed by atoms with Crippen LogP contribution in [-0.4, -0.2) is 30.0 Å². The van der Waals surface area contributed by atoms with Crippen LogP contribution in [0.5, 0.6) is 0 Å². The molecule has 6 heteroatoms. The topological polar surface area (TPSA) is 35.5 Å². The first-order valence-corrected chi connectivity index (χ1v) is 8.58. The molecule has 0 aromatic heterocycles. The predicted molar refractivity (Wildman–Crippen MR) is 77.7 cm³/mol. The highest BCUT2D eigenvalue weighted by Gasteiger charge is 2.61. The molecule has 0 heterocycles. The lowest BCUT2D eigenvalue weighted by molar-refractivity contribution is -0.266. The van der Waals surface area contributed by atoms with E-state index in [1.54, 1.807) is 0 Å². The van der Waals surface area contributed by atoms with Crippen molar-refractivity contribution in [3.63, 3.8) is 0 Å². The van der Waals surface area contributed by atoms with Crippen molar-refractivity contribution < 1.29 is 27.4 Å². The Labute approximate surface area is 134 Å². The molecule has 4 rings (SSSR count). The molecule has 4 fully saturated rings. The SMILES string of the molecule is CCC(C)C(=O)OC12CC3CC(CC(OCC(F)(F)F)(C3)C1)C2. The summed E-state index contributed by atoms with van der Waals surface area (Å²) < 4.78 is 49.0. The summed E-state index contributed by atoms with van der Waals surface area (Å²) in [6.45, 7) is 2.56. The molecule has 3 unspecified atom stereocenters. The van der Waals surface area contributed by atoms with Gasteiger partial charge in [-0.25, -0.2) is 0 Å². The third-order valence-electron chi connectivity index (χ3n) is 5.83. The van der Waals surface area contributed by atoms with E-state index >= 15 is 0 Å². The van der Waals surface area contributed by atoms with Crippen LogP contribution in [0, 0.1) is 17.8 Å². The van der Waals surface area contributed by atoms with Crippen LogP contribution in [0.3, 0.4) is 0 Å². The number of carbonyl (C=O) groups excluding carboxylic acids is 1. The minimum Gasteiger partial charge on any atom is -0.459 e. The average Bonchev–Trinajstić information content (AvgIpc) is 2.41. The molecule has 0 amide bonds. The fourth-order valence-electron chi connectivity index (χ4n) is 5.10. The zero-order valence-corrected chi connectivity index (χ0v) is 13.7. The van der Waals surface area contributed by atoms with Crippen LogP contribution in [-0.2, 0) is 14.3 Å². The van der Waals surface area contributed by atoms with Crippen LogP contribution in [0.1, 0.15) is 58.8 Å². The minimum absolute atomic E-state index is 0.171. The van der Waals surface area contributed by atoms with Crippen molar-refractivity contribution in [3.05, 3.63) is 0 Å². The van der Waals surface area contributed by atoms with Gasteiger partial charge in [-0.05, 0) is 50.4 Å². The third kappa shape index (κ3) is 3.52. The lowest BCUT2D eigenvalue weighted by Crippen LogP contribution is -2.62. The van der Waals surface area contributed by atoms with Crippen LogP contribution in [0.4, 0.5) is 13.2 Å². The summed E-state index contributed by atoms with van der Waals surface area (Å²) in [6.07, 6.45) is 0.739. The van der Waals surface area contributed by atoms with Crippen LogP contribution < -0.4 is 0 Å². The Bertz CT molecular complexity index is 460. The van der Waals surface area contributed by atoms with Gasteiger partial charge in [0.1, 0.15) is 12.2 Å².